The van der Waals surface area contributed by atoms with Crippen molar-refractivity contribution in [3.63, 3.8) is 0 Å². The maximum Gasteiger partial charge on any atom is 0.218 e. The number of rotatable bonds is 4. The summed E-state index contributed by atoms with van der Waals surface area (Å²) in [5, 5.41) is 0.982. The highest BCUT2D eigenvalue weighted by Crippen LogP contribution is 2.32. The Morgan fingerprint density at radius 3 is 2.64 bits per heavy atom. The van der Waals surface area contributed by atoms with Gasteiger partial charge in [-0.05, 0) is 42.7 Å². The second-order valence-corrected chi connectivity index (χ2v) is 9.08. The van der Waals surface area contributed by atoms with Crippen LogP contribution in [0.25, 0.3) is 10.9 Å². The molecule has 0 spiro atoms. The van der Waals surface area contributed by atoms with Crippen LogP contribution in [0.1, 0.15) is 24.8 Å². The van der Waals surface area contributed by atoms with Crippen molar-refractivity contribution >= 4 is 20.9 Å². The Morgan fingerprint density at radius 2 is 1.88 bits per heavy atom. The van der Waals surface area contributed by atoms with Crippen LogP contribution in [0, 0.1) is 11.8 Å². The number of benzene rings is 1. The number of pyridine rings is 1. The number of nitrogens with zero attached hydrogens (tertiary/aromatic N) is 2. The van der Waals surface area contributed by atoms with Crippen molar-refractivity contribution in [2.24, 2.45) is 11.8 Å². The van der Waals surface area contributed by atoms with Crippen molar-refractivity contribution < 1.29 is 13.2 Å². The number of piperidine rings is 1. The third-order valence-corrected chi connectivity index (χ3v) is 7.41. The molecule has 2 aliphatic rings. The van der Waals surface area contributed by atoms with E-state index in [0.29, 0.717) is 24.9 Å². The van der Waals surface area contributed by atoms with E-state index in [1.807, 2.05) is 30.3 Å². The van der Waals surface area contributed by atoms with Crippen LogP contribution in [-0.2, 0) is 20.5 Å². The number of aromatic nitrogens is 1. The van der Waals surface area contributed by atoms with E-state index in [9.17, 15) is 8.42 Å². The molecule has 2 fully saturated rings. The van der Waals surface area contributed by atoms with Gasteiger partial charge in [-0.1, -0.05) is 24.3 Å². The summed E-state index contributed by atoms with van der Waals surface area (Å²) in [4.78, 5) is 4.38. The molecule has 1 atom stereocenters. The van der Waals surface area contributed by atoms with Crippen molar-refractivity contribution in [1.82, 2.24) is 9.29 Å². The van der Waals surface area contributed by atoms with Crippen LogP contribution >= 0.6 is 0 Å². The number of hydrogen-bond donors (Lipinski definition) is 0. The molecule has 1 aromatic heterocycles. The standard InChI is InChI=1S/C19H24N2O3S/c22-25(23,14-18-4-1-3-16-5-2-9-20-19(16)18)21-10-6-15(7-11-21)17-8-12-24-13-17/h1-5,9,15,17H,6-8,10-14H2. The smallest absolute Gasteiger partial charge is 0.218 e. The first kappa shape index (κ1) is 16.9. The molecule has 2 saturated heterocycles. The Bertz CT molecular complexity index is 833. The summed E-state index contributed by atoms with van der Waals surface area (Å²) in [6, 6.07) is 9.58. The van der Waals surface area contributed by atoms with Crippen LogP contribution in [0.5, 0.6) is 0 Å². The maximum atomic E-state index is 12.9. The van der Waals surface area contributed by atoms with E-state index in [4.69, 9.17) is 4.74 Å². The summed E-state index contributed by atoms with van der Waals surface area (Å²) < 4.78 is 33.0. The SMILES string of the molecule is O=S(=O)(Cc1cccc2cccnc12)N1CCC(C2CCOC2)CC1. The molecule has 3 heterocycles. The molecule has 0 bridgehead atoms. The van der Waals surface area contributed by atoms with Crippen LogP contribution in [0.2, 0.25) is 0 Å². The van der Waals surface area contributed by atoms with Gasteiger partial charge in [0.05, 0.1) is 11.3 Å². The molecule has 0 amide bonds. The van der Waals surface area contributed by atoms with Crippen LogP contribution in [0.15, 0.2) is 36.5 Å². The zero-order valence-corrected chi connectivity index (χ0v) is 15.1. The molecule has 2 aromatic rings. The van der Waals surface area contributed by atoms with Crippen LogP contribution in [0.4, 0.5) is 0 Å². The van der Waals surface area contributed by atoms with Crippen LogP contribution in [-0.4, -0.2) is 44.0 Å². The van der Waals surface area contributed by atoms with Crippen LogP contribution < -0.4 is 0 Å². The first-order chi connectivity index (χ1) is 12.1. The Balaban J connectivity index is 1.47. The summed E-state index contributed by atoms with van der Waals surface area (Å²) in [5.74, 6) is 1.25. The zero-order chi connectivity index (χ0) is 17.3. The fourth-order valence-corrected chi connectivity index (χ4v) is 5.70. The molecule has 0 N–H and O–H groups in total. The average molecular weight is 360 g/mol. The second-order valence-electron chi connectivity index (χ2n) is 7.11. The number of sulfonamides is 1. The molecule has 0 aliphatic carbocycles. The van der Waals surface area contributed by atoms with Gasteiger partial charge in [-0.15, -0.1) is 0 Å². The minimum atomic E-state index is -3.31. The van der Waals surface area contributed by atoms with Gasteiger partial charge in [-0.3, -0.25) is 4.98 Å². The van der Waals surface area contributed by atoms with E-state index in [1.165, 1.54) is 0 Å². The van der Waals surface area contributed by atoms with Gasteiger partial charge < -0.3 is 4.74 Å². The van der Waals surface area contributed by atoms with Crippen molar-refractivity contribution in [3.05, 3.63) is 42.1 Å². The fourth-order valence-electron chi connectivity index (χ4n) is 4.12. The monoisotopic (exact) mass is 360 g/mol. The first-order valence-corrected chi connectivity index (χ1v) is 10.6. The highest BCUT2D eigenvalue weighted by Gasteiger charge is 2.33. The number of para-hydroxylation sites is 1. The summed E-state index contributed by atoms with van der Waals surface area (Å²) in [6.45, 7) is 2.96. The Kier molecular flexibility index (Phi) is 4.75. The minimum absolute atomic E-state index is 0.0263. The zero-order valence-electron chi connectivity index (χ0n) is 14.3. The van der Waals surface area contributed by atoms with Crippen molar-refractivity contribution in [1.29, 1.82) is 0 Å². The van der Waals surface area contributed by atoms with Crippen molar-refractivity contribution in [2.75, 3.05) is 26.3 Å². The average Bonchev–Trinajstić information content (AvgIpc) is 3.17. The number of hydrogen-bond acceptors (Lipinski definition) is 4. The van der Waals surface area contributed by atoms with Gasteiger partial charge in [-0.2, -0.15) is 0 Å². The lowest BCUT2D eigenvalue weighted by molar-refractivity contribution is 0.151. The lowest BCUT2D eigenvalue weighted by atomic mass is 9.84. The van der Waals surface area contributed by atoms with Gasteiger partial charge >= 0.3 is 0 Å². The Morgan fingerprint density at radius 1 is 1.08 bits per heavy atom. The molecular formula is C19H24N2O3S. The van der Waals surface area contributed by atoms with Gasteiger partial charge in [0, 0.05) is 37.9 Å². The van der Waals surface area contributed by atoms with Crippen molar-refractivity contribution in [2.45, 2.75) is 25.0 Å². The lowest BCUT2D eigenvalue weighted by Crippen LogP contribution is -2.40. The second kappa shape index (κ2) is 7.02. The van der Waals surface area contributed by atoms with Gasteiger partial charge in [-0.25, -0.2) is 12.7 Å². The van der Waals surface area contributed by atoms with E-state index in [2.05, 4.69) is 4.98 Å². The third-order valence-electron chi connectivity index (χ3n) is 5.58. The van der Waals surface area contributed by atoms with Gasteiger partial charge in [0.15, 0.2) is 0 Å². The molecule has 2 aliphatic heterocycles. The van der Waals surface area contributed by atoms with E-state index in [1.54, 1.807) is 10.5 Å². The molecule has 4 rings (SSSR count). The molecular weight excluding hydrogens is 336 g/mol. The summed E-state index contributed by atoms with van der Waals surface area (Å²) >= 11 is 0. The first-order valence-electron chi connectivity index (χ1n) is 9.02. The van der Waals surface area contributed by atoms with Gasteiger partial charge in [0.2, 0.25) is 10.0 Å². The molecule has 0 radical (unpaired) electrons. The predicted octanol–water partition coefficient (Wildman–Crippen LogP) is 2.81. The molecule has 0 saturated carbocycles. The number of ether oxygens (including phenoxy) is 1. The Hall–Kier alpha value is -1.50. The molecule has 1 aromatic carbocycles. The summed E-state index contributed by atoms with van der Waals surface area (Å²) in [7, 11) is -3.31. The molecule has 1 unspecified atom stereocenters. The van der Waals surface area contributed by atoms with Gasteiger partial charge in [0.25, 0.3) is 0 Å². The van der Waals surface area contributed by atoms with E-state index in [-0.39, 0.29) is 5.75 Å². The highest BCUT2D eigenvalue weighted by molar-refractivity contribution is 7.88. The Labute approximate surface area is 149 Å². The topological polar surface area (TPSA) is 59.5 Å². The van der Waals surface area contributed by atoms with Crippen LogP contribution in [0.3, 0.4) is 0 Å². The van der Waals surface area contributed by atoms with E-state index >= 15 is 0 Å². The van der Waals surface area contributed by atoms with Crippen molar-refractivity contribution in [3.8, 4) is 0 Å². The van der Waals surface area contributed by atoms with Gasteiger partial charge in [0.1, 0.15) is 0 Å². The largest absolute Gasteiger partial charge is 0.381 e. The maximum absolute atomic E-state index is 12.9. The lowest BCUT2D eigenvalue weighted by Gasteiger charge is -2.33. The molecule has 6 heteroatoms. The molecule has 5 nitrogen and oxygen atoms in total. The predicted molar refractivity (Wildman–Crippen MR) is 97.6 cm³/mol. The molecule has 134 valence electrons. The van der Waals surface area contributed by atoms with E-state index < -0.39 is 10.0 Å². The summed E-state index contributed by atoms with van der Waals surface area (Å²) in [5.41, 5.74) is 1.57. The highest BCUT2D eigenvalue weighted by atomic mass is 32.2. The normalized spacial score (nSPS) is 23.3. The quantitative estimate of drug-likeness (QED) is 0.841. The van der Waals surface area contributed by atoms with E-state index in [0.717, 1.165) is 48.9 Å². The fraction of sp³-hybridized carbons (Fsp3) is 0.526. The molecule has 25 heavy (non-hydrogen) atoms. The third kappa shape index (κ3) is 3.57. The minimum Gasteiger partial charge on any atom is -0.381 e. The number of fused-ring (bicyclic) bond motifs is 1. The summed E-state index contributed by atoms with van der Waals surface area (Å²) in [6.07, 6.45) is 4.73.